The van der Waals surface area contributed by atoms with Crippen LogP contribution in [0.4, 0.5) is 0 Å². The summed E-state index contributed by atoms with van der Waals surface area (Å²) in [5, 5.41) is 9.97. The maximum absolute atomic E-state index is 11.1. The van der Waals surface area contributed by atoms with Gasteiger partial charge in [-0.15, -0.1) is 17.8 Å². The van der Waals surface area contributed by atoms with Crippen LogP contribution in [0.5, 0.6) is 11.5 Å². The van der Waals surface area contributed by atoms with Crippen molar-refractivity contribution in [1.29, 1.82) is 0 Å². The summed E-state index contributed by atoms with van der Waals surface area (Å²) in [5.74, 6) is 2.77. The molecule has 0 amide bonds. The number of carbonyl (C=O) groups is 1. The first kappa shape index (κ1) is 20.4. The van der Waals surface area contributed by atoms with Gasteiger partial charge in [-0.05, 0) is 54.8 Å². The number of carboxylic acids is 1. The van der Waals surface area contributed by atoms with E-state index in [0.717, 1.165) is 26.4 Å². The minimum atomic E-state index is -0.843. The number of rotatable bonds is 9. The van der Waals surface area contributed by atoms with Gasteiger partial charge in [-0.2, -0.15) is 0 Å². The molecule has 0 aliphatic heterocycles. The van der Waals surface area contributed by atoms with Gasteiger partial charge in [-0.1, -0.05) is 24.1 Å². The van der Waals surface area contributed by atoms with Crippen LogP contribution in [0.2, 0.25) is 0 Å². The van der Waals surface area contributed by atoms with Crippen molar-refractivity contribution in [3.05, 3.63) is 53.0 Å². The summed E-state index contributed by atoms with van der Waals surface area (Å²) in [6.45, 7) is 2.54. The van der Waals surface area contributed by atoms with Crippen LogP contribution in [0.3, 0.4) is 0 Å². The van der Waals surface area contributed by atoms with Crippen molar-refractivity contribution in [3.8, 4) is 23.8 Å². The third kappa shape index (κ3) is 5.37. The molecule has 1 aromatic heterocycles. The SMILES string of the molecule is C#CCOc1ccc(C=C(CCC(=O)O)c2nc3ccccc3s2)cc1OCC. The lowest BCUT2D eigenvalue weighted by Gasteiger charge is -2.11. The number of nitrogens with zero attached hydrogens (tertiary/aromatic N) is 1. The monoisotopic (exact) mass is 407 g/mol. The van der Waals surface area contributed by atoms with E-state index in [1.165, 1.54) is 0 Å². The van der Waals surface area contributed by atoms with Crippen LogP contribution in [-0.4, -0.2) is 29.3 Å². The number of fused-ring (bicyclic) bond motifs is 1. The van der Waals surface area contributed by atoms with Crippen molar-refractivity contribution < 1.29 is 19.4 Å². The molecular weight excluding hydrogens is 386 g/mol. The summed E-state index contributed by atoms with van der Waals surface area (Å²) < 4.78 is 12.3. The van der Waals surface area contributed by atoms with Gasteiger partial charge in [0.05, 0.1) is 16.8 Å². The van der Waals surface area contributed by atoms with Crippen molar-refractivity contribution in [2.75, 3.05) is 13.2 Å². The Morgan fingerprint density at radius 3 is 2.76 bits per heavy atom. The quantitative estimate of drug-likeness (QED) is 0.499. The maximum Gasteiger partial charge on any atom is 0.303 e. The van der Waals surface area contributed by atoms with Gasteiger partial charge in [0.1, 0.15) is 11.6 Å². The van der Waals surface area contributed by atoms with Gasteiger partial charge >= 0.3 is 5.97 Å². The number of carboxylic acid groups (broad SMARTS) is 1. The number of para-hydroxylation sites is 1. The molecule has 5 nitrogen and oxygen atoms in total. The zero-order valence-corrected chi connectivity index (χ0v) is 16.9. The molecule has 0 bridgehead atoms. The van der Waals surface area contributed by atoms with Crippen molar-refractivity contribution >= 4 is 39.2 Å². The van der Waals surface area contributed by atoms with Crippen LogP contribution >= 0.6 is 11.3 Å². The number of thiazole rings is 1. The highest BCUT2D eigenvalue weighted by Crippen LogP contribution is 2.33. The van der Waals surface area contributed by atoms with E-state index in [2.05, 4.69) is 10.9 Å². The summed E-state index contributed by atoms with van der Waals surface area (Å²) in [5.41, 5.74) is 2.65. The molecule has 0 atom stereocenters. The largest absolute Gasteiger partial charge is 0.490 e. The molecule has 2 aromatic carbocycles. The van der Waals surface area contributed by atoms with E-state index in [9.17, 15) is 4.79 Å². The zero-order valence-electron chi connectivity index (χ0n) is 16.1. The Labute approximate surface area is 173 Å². The summed E-state index contributed by atoms with van der Waals surface area (Å²) >= 11 is 1.55. The van der Waals surface area contributed by atoms with Gasteiger partial charge < -0.3 is 14.6 Å². The average Bonchev–Trinajstić information content (AvgIpc) is 3.14. The van der Waals surface area contributed by atoms with Crippen molar-refractivity contribution in [2.24, 2.45) is 0 Å². The highest BCUT2D eigenvalue weighted by Gasteiger charge is 2.12. The first-order valence-electron chi connectivity index (χ1n) is 9.22. The molecule has 0 fully saturated rings. The van der Waals surface area contributed by atoms with Gasteiger partial charge in [-0.25, -0.2) is 4.98 Å². The van der Waals surface area contributed by atoms with E-state index in [0.29, 0.717) is 24.5 Å². The summed E-state index contributed by atoms with van der Waals surface area (Å²) in [4.78, 5) is 15.8. The minimum absolute atomic E-state index is 0.0312. The number of aromatic nitrogens is 1. The second-order valence-electron chi connectivity index (χ2n) is 6.18. The second-order valence-corrected chi connectivity index (χ2v) is 7.21. The third-order valence-electron chi connectivity index (χ3n) is 4.10. The Morgan fingerprint density at radius 1 is 1.21 bits per heavy atom. The Morgan fingerprint density at radius 2 is 2.03 bits per heavy atom. The first-order valence-corrected chi connectivity index (χ1v) is 10.0. The number of benzene rings is 2. The van der Waals surface area contributed by atoms with Crippen LogP contribution in [-0.2, 0) is 4.79 Å². The first-order chi connectivity index (χ1) is 14.1. The molecule has 0 unspecified atom stereocenters. The Bertz CT molecular complexity index is 1040. The van der Waals surface area contributed by atoms with Gasteiger partial charge in [0.2, 0.25) is 0 Å². The van der Waals surface area contributed by atoms with Crippen LogP contribution in [0.15, 0.2) is 42.5 Å². The molecule has 0 aliphatic carbocycles. The fourth-order valence-electron chi connectivity index (χ4n) is 2.81. The van der Waals surface area contributed by atoms with E-state index in [1.54, 1.807) is 17.4 Å². The predicted octanol–water partition coefficient (Wildman–Crippen LogP) is 5.11. The number of hydrogen-bond acceptors (Lipinski definition) is 5. The Hall–Kier alpha value is -3.30. The molecule has 148 valence electrons. The van der Waals surface area contributed by atoms with Gasteiger partial charge in [-0.3, -0.25) is 4.79 Å². The highest BCUT2D eigenvalue weighted by molar-refractivity contribution is 7.19. The number of terminal acetylenes is 1. The molecule has 0 radical (unpaired) electrons. The molecule has 1 heterocycles. The van der Waals surface area contributed by atoms with Crippen LogP contribution in [0.1, 0.15) is 30.3 Å². The molecule has 3 aromatic rings. The summed E-state index contributed by atoms with van der Waals surface area (Å²) in [6.07, 6.45) is 7.64. The number of allylic oxidation sites excluding steroid dienone is 1. The molecular formula is C23H21NO4S. The lowest BCUT2D eigenvalue weighted by molar-refractivity contribution is -0.136. The number of aliphatic carboxylic acids is 1. The predicted molar refractivity (Wildman–Crippen MR) is 116 cm³/mol. The average molecular weight is 407 g/mol. The standard InChI is InChI=1S/C23H21NO4S/c1-3-13-28-19-11-9-16(15-20(19)27-4-2)14-17(10-12-22(25)26)23-24-18-7-5-6-8-21(18)29-23/h1,5-9,11,14-15H,4,10,12-13H2,2H3,(H,25,26). The third-order valence-corrected chi connectivity index (χ3v) is 5.21. The summed E-state index contributed by atoms with van der Waals surface area (Å²) in [7, 11) is 0. The van der Waals surface area contributed by atoms with Gasteiger partial charge in [0.15, 0.2) is 11.5 Å². The van der Waals surface area contributed by atoms with Crippen LogP contribution in [0, 0.1) is 12.3 Å². The van der Waals surface area contributed by atoms with Crippen LogP contribution in [0.25, 0.3) is 21.9 Å². The van der Waals surface area contributed by atoms with Crippen molar-refractivity contribution in [2.45, 2.75) is 19.8 Å². The van der Waals surface area contributed by atoms with Gasteiger partial charge in [0.25, 0.3) is 0 Å². The molecule has 6 heteroatoms. The Balaban J connectivity index is 1.99. The fraction of sp³-hybridized carbons (Fsp3) is 0.217. The molecule has 29 heavy (non-hydrogen) atoms. The van der Waals surface area contributed by atoms with Crippen LogP contribution < -0.4 is 9.47 Å². The number of ether oxygens (including phenoxy) is 2. The van der Waals surface area contributed by atoms with Crippen molar-refractivity contribution in [3.63, 3.8) is 0 Å². The molecule has 3 rings (SSSR count). The van der Waals surface area contributed by atoms with Gasteiger partial charge in [0, 0.05) is 6.42 Å². The topological polar surface area (TPSA) is 68.7 Å². The molecule has 0 saturated heterocycles. The van der Waals surface area contributed by atoms with E-state index in [1.807, 2.05) is 49.4 Å². The smallest absolute Gasteiger partial charge is 0.303 e. The van der Waals surface area contributed by atoms with E-state index in [4.69, 9.17) is 21.0 Å². The second kappa shape index (κ2) is 9.76. The van der Waals surface area contributed by atoms with Crippen molar-refractivity contribution in [1.82, 2.24) is 4.98 Å². The Kier molecular flexibility index (Phi) is 6.88. The minimum Gasteiger partial charge on any atom is -0.490 e. The summed E-state index contributed by atoms with van der Waals surface area (Å²) in [6, 6.07) is 13.4. The number of hydrogen-bond donors (Lipinski definition) is 1. The molecule has 0 spiro atoms. The lowest BCUT2D eigenvalue weighted by atomic mass is 10.1. The maximum atomic E-state index is 11.1. The van der Waals surface area contributed by atoms with E-state index < -0.39 is 5.97 Å². The molecule has 1 N–H and O–H groups in total. The lowest BCUT2D eigenvalue weighted by Crippen LogP contribution is -1.99. The highest BCUT2D eigenvalue weighted by atomic mass is 32.1. The zero-order chi connectivity index (χ0) is 20.6. The molecule has 0 aliphatic rings. The normalized spacial score (nSPS) is 11.2. The van der Waals surface area contributed by atoms with E-state index in [-0.39, 0.29) is 13.0 Å². The fourth-order valence-corrected chi connectivity index (χ4v) is 3.82. The molecule has 0 saturated carbocycles. The van der Waals surface area contributed by atoms with E-state index >= 15 is 0 Å².